The number of fused-ring (bicyclic) bond motifs is 4. The minimum absolute atomic E-state index is 0.0453. The number of aliphatic hydroxyl groups is 1. The highest BCUT2D eigenvalue weighted by atomic mass is 16.7. The number of hydrogen-bond acceptors (Lipinski definition) is 4. The molecule has 3 saturated carbocycles. The maximum absolute atomic E-state index is 12.9. The van der Waals surface area contributed by atoms with Crippen molar-refractivity contribution in [1.29, 1.82) is 0 Å². The number of allylic oxidation sites excluding steroid dienone is 1. The molecule has 1 heterocycles. The third-order valence-electron chi connectivity index (χ3n) is 8.80. The van der Waals surface area contributed by atoms with Crippen molar-refractivity contribution in [3.05, 3.63) is 11.6 Å². The standard InChI is InChI=1S/C21H28O4/c1-19-9-7-13(22)11-12(19)3-4-14-15(19)8-10-21-16(14)5-6-17(21)20(2,24)25-18(21)23/h11,14-17,24H,3-10H2,1-2H3/t14-,15+,16+,17-,19+,20?,21-/m1/s1. The zero-order chi connectivity index (χ0) is 17.6. The smallest absolute Gasteiger partial charge is 0.315 e. The van der Waals surface area contributed by atoms with Gasteiger partial charge < -0.3 is 9.84 Å². The topological polar surface area (TPSA) is 63.6 Å². The molecule has 5 rings (SSSR count). The fourth-order valence-electron chi connectivity index (χ4n) is 7.73. The van der Waals surface area contributed by atoms with Crippen LogP contribution in [0.3, 0.4) is 0 Å². The number of hydrogen-bond donors (Lipinski definition) is 1. The van der Waals surface area contributed by atoms with Crippen molar-refractivity contribution in [2.45, 2.75) is 71.0 Å². The summed E-state index contributed by atoms with van der Waals surface area (Å²) in [6.07, 6.45) is 9.41. The van der Waals surface area contributed by atoms with E-state index < -0.39 is 11.2 Å². The molecular weight excluding hydrogens is 316 g/mol. The molecule has 4 heteroatoms. The van der Waals surface area contributed by atoms with Crippen molar-refractivity contribution in [3.63, 3.8) is 0 Å². The van der Waals surface area contributed by atoms with Crippen LogP contribution in [0.4, 0.5) is 0 Å². The fraction of sp³-hybridized carbons (Fsp3) is 0.810. The summed E-state index contributed by atoms with van der Waals surface area (Å²) in [5.74, 6) is 0.233. The van der Waals surface area contributed by atoms with E-state index >= 15 is 0 Å². The summed E-state index contributed by atoms with van der Waals surface area (Å²) in [5.41, 5.74) is 1.03. The van der Waals surface area contributed by atoms with Gasteiger partial charge in [0.2, 0.25) is 5.79 Å². The van der Waals surface area contributed by atoms with E-state index in [1.807, 2.05) is 6.08 Å². The van der Waals surface area contributed by atoms with Crippen LogP contribution >= 0.6 is 0 Å². The SMILES string of the molecule is CC1(O)OC(=O)[C@]23CC[C@H]4[C@@H](CCC5=CC(=O)CC[C@@]54C)[C@@H]2CC[C@H]13. The highest BCUT2D eigenvalue weighted by Crippen LogP contribution is 2.70. The summed E-state index contributed by atoms with van der Waals surface area (Å²) in [6, 6.07) is 0. The Morgan fingerprint density at radius 1 is 1.04 bits per heavy atom. The lowest BCUT2D eigenvalue weighted by Crippen LogP contribution is -2.53. The lowest BCUT2D eigenvalue weighted by atomic mass is 9.46. The predicted molar refractivity (Wildman–Crippen MR) is 91.2 cm³/mol. The summed E-state index contributed by atoms with van der Waals surface area (Å²) >= 11 is 0. The molecule has 0 radical (unpaired) electrons. The summed E-state index contributed by atoms with van der Waals surface area (Å²) < 4.78 is 5.46. The molecule has 1 aliphatic heterocycles. The largest absolute Gasteiger partial charge is 0.433 e. The Morgan fingerprint density at radius 2 is 1.84 bits per heavy atom. The molecule has 4 aliphatic carbocycles. The Labute approximate surface area is 149 Å². The number of ketones is 1. The number of rotatable bonds is 0. The van der Waals surface area contributed by atoms with Crippen LogP contribution in [-0.2, 0) is 14.3 Å². The quantitative estimate of drug-likeness (QED) is 0.684. The third-order valence-corrected chi connectivity index (χ3v) is 8.80. The van der Waals surface area contributed by atoms with Crippen LogP contribution in [-0.4, -0.2) is 22.6 Å². The number of ether oxygens (including phenoxy) is 1. The van der Waals surface area contributed by atoms with E-state index in [0.29, 0.717) is 24.2 Å². The van der Waals surface area contributed by atoms with E-state index in [2.05, 4.69) is 6.92 Å². The fourth-order valence-corrected chi connectivity index (χ4v) is 7.73. The second-order valence-corrected chi connectivity index (χ2v) is 9.62. The van der Waals surface area contributed by atoms with Gasteiger partial charge in [0.05, 0.1) is 5.41 Å². The first kappa shape index (κ1) is 16.0. The average molecular weight is 344 g/mol. The van der Waals surface area contributed by atoms with Crippen molar-refractivity contribution in [1.82, 2.24) is 0 Å². The van der Waals surface area contributed by atoms with Crippen molar-refractivity contribution in [3.8, 4) is 0 Å². The normalized spacial score (nSPS) is 54.1. The van der Waals surface area contributed by atoms with E-state index in [1.54, 1.807) is 6.92 Å². The summed E-state index contributed by atoms with van der Waals surface area (Å²) in [5, 5.41) is 10.6. The second-order valence-electron chi connectivity index (χ2n) is 9.62. The van der Waals surface area contributed by atoms with Gasteiger partial charge >= 0.3 is 5.97 Å². The van der Waals surface area contributed by atoms with Gasteiger partial charge in [0, 0.05) is 19.3 Å². The highest BCUT2D eigenvalue weighted by molar-refractivity contribution is 5.91. The zero-order valence-corrected chi connectivity index (χ0v) is 15.2. The summed E-state index contributed by atoms with van der Waals surface area (Å²) in [6.45, 7) is 4.03. The first-order valence-electron chi connectivity index (χ1n) is 9.99. The Hall–Kier alpha value is -1.16. The van der Waals surface area contributed by atoms with E-state index in [-0.39, 0.29) is 23.1 Å². The van der Waals surface area contributed by atoms with Crippen LogP contribution < -0.4 is 0 Å². The predicted octanol–water partition coefficient (Wildman–Crippen LogP) is 3.38. The molecule has 136 valence electrons. The van der Waals surface area contributed by atoms with Crippen LogP contribution in [0.5, 0.6) is 0 Å². The molecule has 1 unspecified atom stereocenters. The zero-order valence-electron chi connectivity index (χ0n) is 15.2. The third kappa shape index (κ3) is 1.82. The molecule has 0 aromatic carbocycles. The minimum atomic E-state index is -1.29. The van der Waals surface area contributed by atoms with Crippen molar-refractivity contribution < 1.29 is 19.4 Å². The molecule has 1 spiro atoms. The molecule has 1 N–H and O–H groups in total. The number of cyclic esters (lactones) is 1. The van der Waals surface area contributed by atoms with Crippen LogP contribution in [0.2, 0.25) is 0 Å². The lowest BCUT2D eigenvalue weighted by molar-refractivity contribution is -0.193. The number of esters is 1. The maximum Gasteiger partial charge on any atom is 0.315 e. The molecule has 1 saturated heterocycles. The first-order valence-corrected chi connectivity index (χ1v) is 9.99. The van der Waals surface area contributed by atoms with Gasteiger partial charge in [-0.25, -0.2) is 0 Å². The first-order chi connectivity index (χ1) is 11.8. The molecule has 0 amide bonds. The van der Waals surface area contributed by atoms with Crippen molar-refractivity contribution >= 4 is 11.8 Å². The van der Waals surface area contributed by atoms with Gasteiger partial charge in [-0.15, -0.1) is 0 Å². The maximum atomic E-state index is 12.9. The van der Waals surface area contributed by atoms with Gasteiger partial charge in [-0.05, 0) is 74.2 Å². The Balaban J connectivity index is 1.53. The minimum Gasteiger partial charge on any atom is -0.433 e. The Bertz CT molecular complexity index is 692. The van der Waals surface area contributed by atoms with Crippen molar-refractivity contribution in [2.75, 3.05) is 0 Å². The second kappa shape index (κ2) is 4.76. The summed E-state index contributed by atoms with van der Waals surface area (Å²) in [7, 11) is 0. The van der Waals surface area contributed by atoms with Crippen LogP contribution in [0, 0.1) is 34.5 Å². The summed E-state index contributed by atoms with van der Waals surface area (Å²) in [4.78, 5) is 24.8. The molecule has 7 atom stereocenters. The molecule has 0 aromatic heterocycles. The van der Waals surface area contributed by atoms with Gasteiger partial charge in [0.1, 0.15) is 0 Å². The number of carbonyl (C=O) groups excluding carboxylic acids is 2. The average Bonchev–Trinajstić information content (AvgIpc) is 3.04. The Morgan fingerprint density at radius 3 is 2.64 bits per heavy atom. The Kier molecular flexibility index (Phi) is 3.06. The van der Waals surface area contributed by atoms with Gasteiger partial charge in [-0.3, -0.25) is 9.59 Å². The molecule has 0 aromatic rings. The van der Waals surface area contributed by atoms with Crippen LogP contribution in [0.1, 0.15) is 65.2 Å². The molecule has 0 bridgehead atoms. The number of carbonyl (C=O) groups is 2. The van der Waals surface area contributed by atoms with Gasteiger partial charge in [0.25, 0.3) is 0 Å². The van der Waals surface area contributed by atoms with Gasteiger partial charge in [-0.1, -0.05) is 12.5 Å². The lowest BCUT2D eigenvalue weighted by Gasteiger charge is -2.56. The van der Waals surface area contributed by atoms with Gasteiger partial charge in [-0.2, -0.15) is 0 Å². The van der Waals surface area contributed by atoms with Crippen LogP contribution in [0.25, 0.3) is 0 Å². The monoisotopic (exact) mass is 344 g/mol. The molecule has 4 fully saturated rings. The molecule has 25 heavy (non-hydrogen) atoms. The highest BCUT2D eigenvalue weighted by Gasteiger charge is 2.72. The van der Waals surface area contributed by atoms with E-state index in [4.69, 9.17) is 4.74 Å². The van der Waals surface area contributed by atoms with E-state index in [9.17, 15) is 14.7 Å². The van der Waals surface area contributed by atoms with Crippen molar-refractivity contribution in [2.24, 2.45) is 34.5 Å². The van der Waals surface area contributed by atoms with E-state index in [1.165, 1.54) is 5.57 Å². The van der Waals surface area contributed by atoms with Crippen LogP contribution in [0.15, 0.2) is 11.6 Å². The molecule has 4 nitrogen and oxygen atoms in total. The molecule has 5 aliphatic rings. The van der Waals surface area contributed by atoms with Gasteiger partial charge in [0.15, 0.2) is 5.78 Å². The van der Waals surface area contributed by atoms with E-state index in [0.717, 1.165) is 44.9 Å². The molecular formula is C21H28O4.